The molecule has 0 saturated carbocycles. The van der Waals surface area contributed by atoms with E-state index in [1.807, 2.05) is 6.92 Å². The summed E-state index contributed by atoms with van der Waals surface area (Å²) in [4.78, 5) is 3.94. The first-order chi connectivity index (χ1) is 9.66. The Morgan fingerprint density at radius 1 is 1.19 bits per heavy atom. The number of allylic oxidation sites excluding steroid dienone is 1. The number of amidine groups is 1. The smallest absolute Gasteiger partial charge is 0.387 e. The maximum absolute atomic E-state index is 13.4. The van der Waals surface area contributed by atoms with Crippen molar-refractivity contribution in [2.75, 3.05) is 0 Å². The van der Waals surface area contributed by atoms with Gasteiger partial charge in [0, 0.05) is 17.5 Å². The van der Waals surface area contributed by atoms with Crippen molar-refractivity contribution in [1.29, 1.82) is 0 Å². The maximum atomic E-state index is 13.4. The molecule has 1 heterocycles. The summed E-state index contributed by atoms with van der Waals surface area (Å²) in [6, 6.07) is 2.78. The summed E-state index contributed by atoms with van der Waals surface area (Å²) in [7, 11) is 0. The van der Waals surface area contributed by atoms with Crippen LogP contribution < -0.4 is 5.73 Å². The molecule has 1 aromatic carbocycles. The van der Waals surface area contributed by atoms with Crippen molar-refractivity contribution < 1.29 is 22.0 Å². The van der Waals surface area contributed by atoms with Crippen LogP contribution in [0.4, 0.5) is 27.6 Å². The zero-order valence-corrected chi connectivity index (χ0v) is 11.1. The summed E-state index contributed by atoms with van der Waals surface area (Å²) >= 11 is 0. The number of hydrogen-bond donors (Lipinski definition) is 1. The molecule has 0 spiro atoms. The Morgan fingerprint density at radius 2 is 1.86 bits per heavy atom. The van der Waals surface area contributed by atoms with Crippen molar-refractivity contribution in [2.24, 2.45) is 10.7 Å². The van der Waals surface area contributed by atoms with Crippen LogP contribution in [-0.4, -0.2) is 12.0 Å². The molecule has 0 aliphatic carbocycles. The molecular weight excluding hydrogens is 291 g/mol. The largest absolute Gasteiger partial charge is 0.458 e. The summed E-state index contributed by atoms with van der Waals surface area (Å²) in [6.45, 7) is 1.86. The molecule has 0 bridgehead atoms. The van der Waals surface area contributed by atoms with Gasteiger partial charge < -0.3 is 5.73 Å². The monoisotopic (exact) mass is 304 g/mol. The van der Waals surface area contributed by atoms with E-state index in [1.54, 1.807) is 6.08 Å². The van der Waals surface area contributed by atoms with Crippen molar-refractivity contribution in [1.82, 2.24) is 0 Å². The highest BCUT2D eigenvalue weighted by molar-refractivity contribution is 5.91. The molecule has 0 amide bonds. The van der Waals surface area contributed by atoms with Crippen molar-refractivity contribution in [3.8, 4) is 0 Å². The minimum Gasteiger partial charge on any atom is -0.387 e. The first kappa shape index (κ1) is 15.5. The van der Waals surface area contributed by atoms with E-state index in [0.717, 1.165) is 17.7 Å². The van der Waals surface area contributed by atoms with Gasteiger partial charge in [0.25, 0.3) is 0 Å². The molecule has 21 heavy (non-hydrogen) atoms. The van der Waals surface area contributed by atoms with Crippen LogP contribution in [0.5, 0.6) is 0 Å². The van der Waals surface area contributed by atoms with Crippen molar-refractivity contribution in [3.63, 3.8) is 0 Å². The van der Waals surface area contributed by atoms with Gasteiger partial charge in [0.2, 0.25) is 0 Å². The number of rotatable bonds is 2. The zero-order chi connectivity index (χ0) is 15.8. The number of hydrogen-bond acceptors (Lipinski definition) is 2. The fourth-order valence-corrected chi connectivity index (χ4v) is 2.13. The fraction of sp³-hybridized carbons (Fsp3) is 0.357. The third kappa shape index (κ3) is 2.77. The van der Waals surface area contributed by atoms with Crippen LogP contribution in [0, 0.1) is 0 Å². The van der Waals surface area contributed by atoms with Crippen LogP contribution >= 0.6 is 0 Å². The first-order valence-electron chi connectivity index (χ1n) is 6.28. The molecule has 7 heteroatoms. The van der Waals surface area contributed by atoms with E-state index in [1.165, 1.54) is 6.07 Å². The van der Waals surface area contributed by atoms with E-state index < -0.39 is 17.7 Å². The number of benzene rings is 1. The van der Waals surface area contributed by atoms with E-state index in [2.05, 4.69) is 4.99 Å². The molecule has 0 saturated heterocycles. The van der Waals surface area contributed by atoms with Crippen LogP contribution in [-0.2, 0) is 5.92 Å². The van der Waals surface area contributed by atoms with Crippen LogP contribution in [0.25, 0.3) is 5.57 Å². The Bertz CT molecular complexity index is 614. The Hall–Kier alpha value is -1.92. The second-order valence-corrected chi connectivity index (χ2v) is 4.69. The Labute approximate surface area is 118 Å². The van der Waals surface area contributed by atoms with Crippen molar-refractivity contribution >= 4 is 17.1 Å². The molecule has 0 unspecified atom stereocenters. The summed E-state index contributed by atoms with van der Waals surface area (Å²) in [5.41, 5.74) is 5.86. The molecule has 0 fully saturated rings. The Balaban J connectivity index is 2.58. The lowest BCUT2D eigenvalue weighted by atomic mass is 9.97. The predicted octanol–water partition coefficient (Wildman–Crippen LogP) is 4.53. The summed E-state index contributed by atoms with van der Waals surface area (Å²) < 4.78 is 64.1. The second kappa shape index (κ2) is 5.13. The molecule has 1 aliphatic heterocycles. The third-order valence-electron chi connectivity index (χ3n) is 3.26. The van der Waals surface area contributed by atoms with Gasteiger partial charge in [0.15, 0.2) is 0 Å². The van der Waals surface area contributed by atoms with Gasteiger partial charge in [-0.25, -0.2) is 4.99 Å². The van der Waals surface area contributed by atoms with E-state index in [-0.39, 0.29) is 11.5 Å². The fourth-order valence-electron chi connectivity index (χ4n) is 2.13. The van der Waals surface area contributed by atoms with Gasteiger partial charge in [0.05, 0.1) is 5.69 Å². The summed E-state index contributed by atoms with van der Waals surface area (Å²) in [6.07, 6.45) is -2.91. The molecule has 2 rings (SSSR count). The zero-order valence-electron chi connectivity index (χ0n) is 11.1. The van der Waals surface area contributed by atoms with Gasteiger partial charge in [-0.2, -0.15) is 22.0 Å². The van der Waals surface area contributed by atoms with Gasteiger partial charge in [-0.15, -0.1) is 0 Å². The SMILES string of the molecule is CCC1=CCC(N)=Nc2cc(C(F)(F)C(F)(F)F)ccc21. The number of fused-ring (bicyclic) bond motifs is 1. The van der Waals surface area contributed by atoms with Crippen LogP contribution in [0.1, 0.15) is 30.9 Å². The van der Waals surface area contributed by atoms with Gasteiger partial charge in [-0.1, -0.05) is 25.1 Å². The minimum atomic E-state index is -5.65. The van der Waals surface area contributed by atoms with Crippen LogP contribution in [0.3, 0.4) is 0 Å². The lowest BCUT2D eigenvalue weighted by Gasteiger charge is -2.21. The number of nitrogens with two attached hydrogens (primary N) is 1. The third-order valence-corrected chi connectivity index (χ3v) is 3.26. The molecule has 1 aliphatic rings. The van der Waals surface area contributed by atoms with E-state index in [9.17, 15) is 22.0 Å². The van der Waals surface area contributed by atoms with Gasteiger partial charge in [0.1, 0.15) is 5.84 Å². The maximum Gasteiger partial charge on any atom is 0.458 e. The van der Waals surface area contributed by atoms with E-state index in [0.29, 0.717) is 18.4 Å². The normalized spacial score (nSPS) is 15.9. The van der Waals surface area contributed by atoms with Crippen LogP contribution in [0.2, 0.25) is 0 Å². The lowest BCUT2D eigenvalue weighted by Crippen LogP contribution is -2.33. The van der Waals surface area contributed by atoms with E-state index in [4.69, 9.17) is 5.73 Å². The Morgan fingerprint density at radius 3 is 2.43 bits per heavy atom. The highest BCUT2D eigenvalue weighted by Crippen LogP contribution is 2.45. The summed E-state index contributed by atoms with van der Waals surface area (Å²) in [5.74, 6) is -4.75. The molecule has 1 aromatic rings. The van der Waals surface area contributed by atoms with Gasteiger partial charge in [-0.3, -0.25) is 0 Å². The lowest BCUT2D eigenvalue weighted by molar-refractivity contribution is -0.289. The average Bonchev–Trinajstić information content (AvgIpc) is 2.54. The molecule has 0 atom stereocenters. The summed E-state index contributed by atoms with van der Waals surface area (Å²) in [5, 5.41) is 0. The molecule has 114 valence electrons. The molecular formula is C14H13F5N2. The number of nitrogens with zero attached hydrogens (tertiary/aromatic N) is 1. The molecule has 2 N–H and O–H groups in total. The van der Waals surface area contributed by atoms with Crippen molar-refractivity contribution in [2.45, 2.75) is 31.9 Å². The molecule has 0 radical (unpaired) electrons. The first-order valence-corrected chi connectivity index (χ1v) is 6.28. The average molecular weight is 304 g/mol. The van der Waals surface area contributed by atoms with E-state index >= 15 is 0 Å². The highest BCUT2D eigenvalue weighted by atomic mass is 19.4. The van der Waals surface area contributed by atoms with Crippen LogP contribution in [0.15, 0.2) is 29.3 Å². The van der Waals surface area contributed by atoms with Crippen molar-refractivity contribution in [3.05, 3.63) is 35.4 Å². The molecule has 2 nitrogen and oxygen atoms in total. The standard InChI is InChI=1S/C14H13F5N2/c1-2-8-3-6-12(20)21-11-7-9(4-5-10(8)11)13(15,16)14(17,18)19/h3-5,7H,2,6H2,1H3,(H2,20,21). The number of halogens is 5. The van der Waals surface area contributed by atoms with Gasteiger partial charge >= 0.3 is 12.1 Å². The predicted molar refractivity (Wildman–Crippen MR) is 70.6 cm³/mol. The second-order valence-electron chi connectivity index (χ2n) is 4.69. The number of alkyl halides is 5. The molecule has 0 aromatic heterocycles. The Kier molecular flexibility index (Phi) is 3.78. The highest BCUT2D eigenvalue weighted by Gasteiger charge is 2.58. The quantitative estimate of drug-likeness (QED) is 0.801. The van der Waals surface area contributed by atoms with Gasteiger partial charge in [-0.05, 0) is 18.1 Å². The topological polar surface area (TPSA) is 38.4 Å². The number of aliphatic imine (C=N–C) groups is 1. The minimum absolute atomic E-state index is 0.0412.